The van der Waals surface area contributed by atoms with Crippen LogP contribution in [0, 0.1) is 6.92 Å². The number of hydrogen-bond donors (Lipinski definition) is 1. The zero-order valence-corrected chi connectivity index (χ0v) is 16.8. The summed E-state index contributed by atoms with van der Waals surface area (Å²) in [5, 5.41) is 2.69. The Morgan fingerprint density at radius 3 is 2.62 bits per heavy atom. The SMILES string of the molecule is Cc1cccc2c(=O)n(CC(=O)OCC(=O)NCc3ccccc3OC(F)(F)F)cnc12. The van der Waals surface area contributed by atoms with Gasteiger partial charge in [0.1, 0.15) is 12.3 Å². The number of halogens is 3. The number of carbonyl (C=O) groups is 2. The van der Waals surface area contributed by atoms with E-state index in [2.05, 4.69) is 15.0 Å². The first kappa shape index (κ1) is 22.8. The fourth-order valence-electron chi connectivity index (χ4n) is 2.90. The summed E-state index contributed by atoms with van der Waals surface area (Å²) < 4.78 is 47.2. The highest BCUT2D eigenvalue weighted by Gasteiger charge is 2.32. The third-order valence-corrected chi connectivity index (χ3v) is 4.39. The summed E-state index contributed by atoms with van der Waals surface area (Å²) in [4.78, 5) is 40.6. The lowest BCUT2D eigenvalue weighted by molar-refractivity contribution is -0.274. The van der Waals surface area contributed by atoms with Crippen molar-refractivity contribution in [2.75, 3.05) is 6.61 Å². The number of amides is 1. The van der Waals surface area contributed by atoms with Crippen LogP contribution in [0.1, 0.15) is 11.1 Å². The lowest BCUT2D eigenvalue weighted by atomic mass is 10.1. The van der Waals surface area contributed by atoms with E-state index in [1.807, 2.05) is 0 Å². The number of ether oxygens (including phenoxy) is 2. The van der Waals surface area contributed by atoms with Crippen LogP contribution in [0.15, 0.2) is 53.6 Å². The minimum Gasteiger partial charge on any atom is -0.454 e. The van der Waals surface area contributed by atoms with Crippen LogP contribution in [0.25, 0.3) is 10.9 Å². The van der Waals surface area contributed by atoms with Crippen molar-refractivity contribution in [1.29, 1.82) is 0 Å². The maximum Gasteiger partial charge on any atom is 0.573 e. The summed E-state index contributed by atoms with van der Waals surface area (Å²) in [5.74, 6) is -2.03. The molecule has 0 spiro atoms. The van der Waals surface area contributed by atoms with Gasteiger partial charge in [-0.2, -0.15) is 0 Å². The fourth-order valence-corrected chi connectivity index (χ4v) is 2.90. The van der Waals surface area contributed by atoms with Crippen molar-refractivity contribution < 1.29 is 32.2 Å². The topological polar surface area (TPSA) is 99.5 Å². The molecule has 1 aromatic heterocycles. The summed E-state index contributed by atoms with van der Waals surface area (Å²) in [6.07, 6.45) is -3.65. The number of nitrogens with zero attached hydrogens (tertiary/aromatic N) is 2. The average molecular weight is 449 g/mol. The molecule has 2 aromatic carbocycles. The van der Waals surface area contributed by atoms with Crippen molar-refractivity contribution in [3.63, 3.8) is 0 Å². The van der Waals surface area contributed by atoms with E-state index in [-0.39, 0.29) is 12.1 Å². The molecule has 1 amide bonds. The molecule has 0 aliphatic heterocycles. The lowest BCUT2D eigenvalue weighted by Crippen LogP contribution is -2.31. The molecular formula is C21H18F3N3O5. The minimum absolute atomic E-state index is 0.0913. The Bertz CT molecular complexity index is 1210. The molecule has 0 aliphatic carbocycles. The minimum atomic E-state index is -4.87. The van der Waals surface area contributed by atoms with Gasteiger partial charge >= 0.3 is 12.3 Å². The standard InChI is InChI=1S/C21H18F3N3O5/c1-13-5-4-7-15-19(13)26-12-27(20(15)30)10-18(29)31-11-17(28)25-9-14-6-2-3-8-16(14)32-21(22,23)24/h2-8,12H,9-11H2,1H3,(H,25,28). The number of alkyl halides is 3. The molecule has 32 heavy (non-hydrogen) atoms. The molecule has 0 fully saturated rings. The number of fused-ring (bicyclic) bond motifs is 1. The molecular weight excluding hydrogens is 431 g/mol. The predicted molar refractivity (Wildman–Crippen MR) is 107 cm³/mol. The maximum atomic E-state index is 12.5. The van der Waals surface area contributed by atoms with Crippen LogP contribution in [0.4, 0.5) is 13.2 Å². The van der Waals surface area contributed by atoms with Crippen LogP contribution in [0.5, 0.6) is 5.75 Å². The van der Waals surface area contributed by atoms with E-state index in [1.54, 1.807) is 25.1 Å². The predicted octanol–water partition coefficient (Wildman–Crippen LogP) is 2.46. The van der Waals surface area contributed by atoms with Gasteiger partial charge in [0.05, 0.1) is 17.2 Å². The third-order valence-electron chi connectivity index (χ3n) is 4.39. The fraction of sp³-hybridized carbons (Fsp3) is 0.238. The molecule has 3 aromatic rings. The van der Waals surface area contributed by atoms with Gasteiger partial charge in [-0.3, -0.25) is 19.0 Å². The summed E-state index contributed by atoms with van der Waals surface area (Å²) in [5.41, 5.74) is 0.999. The maximum absolute atomic E-state index is 12.5. The zero-order valence-electron chi connectivity index (χ0n) is 16.8. The van der Waals surface area contributed by atoms with Crippen LogP contribution in [0.3, 0.4) is 0 Å². The van der Waals surface area contributed by atoms with E-state index in [0.29, 0.717) is 10.9 Å². The molecule has 1 heterocycles. The number of hydrogen-bond acceptors (Lipinski definition) is 6. The van der Waals surface area contributed by atoms with Crippen molar-refractivity contribution in [3.8, 4) is 5.75 Å². The molecule has 0 saturated heterocycles. The molecule has 11 heteroatoms. The highest BCUT2D eigenvalue weighted by molar-refractivity contribution is 5.82. The van der Waals surface area contributed by atoms with Crippen LogP contribution < -0.4 is 15.6 Å². The molecule has 3 rings (SSSR count). The first-order valence-corrected chi connectivity index (χ1v) is 9.35. The Hall–Kier alpha value is -3.89. The van der Waals surface area contributed by atoms with Gasteiger partial charge in [0.25, 0.3) is 11.5 Å². The van der Waals surface area contributed by atoms with Gasteiger partial charge in [-0.1, -0.05) is 30.3 Å². The van der Waals surface area contributed by atoms with Gasteiger partial charge in [-0.25, -0.2) is 4.98 Å². The lowest BCUT2D eigenvalue weighted by Gasteiger charge is -2.13. The number of benzene rings is 2. The molecule has 8 nitrogen and oxygen atoms in total. The summed E-state index contributed by atoms with van der Waals surface area (Å²) >= 11 is 0. The van der Waals surface area contributed by atoms with Crippen molar-refractivity contribution in [3.05, 3.63) is 70.3 Å². The molecule has 168 valence electrons. The second kappa shape index (κ2) is 9.50. The van der Waals surface area contributed by atoms with Crippen LogP contribution in [-0.4, -0.2) is 34.4 Å². The number of esters is 1. The molecule has 0 radical (unpaired) electrons. The van der Waals surface area contributed by atoms with Crippen molar-refractivity contribution in [1.82, 2.24) is 14.9 Å². The molecule has 0 saturated carbocycles. The Kier molecular flexibility index (Phi) is 6.76. The van der Waals surface area contributed by atoms with Crippen molar-refractivity contribution in [2.24, 2.45) is 0 Å². The van der Waals surface area contributed by atoms with Gasteiger partial charge in [0.2, 0.25) is 0 Å². The molecule has 0 bridgehead atoms. The van der Waals surface area contributed by atoms with E-state index in [4.69, 9.17) is 4.74 Å². The number of rotatable bonds is 7. The van der Waals surface area contributed by atoms with Gasteiger partial charge in [0.15, 0.2) is 6.61 Å². The van der Waals surface area contributed by atoms with Crippen molar-refractivity contribution >= 4 is 22.8 Å². The summed E-state index contributed by atoms with van der Waals surface area (Å²) in [6.45, 7) is 0.414. The number of aromatic nitrogens is 2. The Morgan fingerprint density at radius 2 is 1.88 bits per heavy atom. The van der Waals surface area contributed by atoms with Gasteiger partial charge in [-0.05, 0) is 24.6 Å². The van der Waals surface area contributed by atoms with E-state index < -0.39 is 42.7 Å². The summed E-state index contributed by atoms with van der Waals surface area (Å²) in [6, 6.07) is 10.4. The number of para-hydroxylation sites is 2. The van der Waals surface area contributed by atoms with Crippen molar-refractivity contribution in [2.45, 2.75) is 26.4 Å². The monoisotopic (exact) mass is 449 g/mol. The smallest absolute Gasteiger partial charge is 0.454 e. The van der Waals surface area contributed by atoms with Crippen LogP contribution >= 0.6 is 0 Å². The second-order valence-electron chi connectivity index (χ2n) is 6.74. The zero-order chi connectivity index (χ0) is 23.3. The Labute approximate surface area is 179 Å². The summed E-state index contributed by atoms with van der Waals surface area (Å²) in [7, 11) is 0. The first-order valence-electron chi connectivity index (χ1n) is 9.35. The van der Waals surface area contributed by atoms with Gasteiger partial charge in [-0.15, -0.1) is 13.2 Å². The normalized spacial score (nSPS) is 11.2. The van der Waals surface area contributed by atoms with Crippen LogP contribution in [0.2, 0.25) is 0 Å². The quantitative estimate of drug-likeness (QED) is 0.557. The van der Waals surface area contributed by atoms with Gasteiger partial charge in [0, 0.05) is 12.1 Å². The third kappa shape index (κ3) is 5.84. The molecule has 0 atom stereocenters. The highest BCUT2D eigenvalue weighted by atomic mass is 19.4. The molecule has 0 aliphatic rings. The molecule has 0 unspecified atom stereocenters. The van der Waals surface area contributed by atoms with E-state index >= 15 is 0 Å². The van der Waals surface area contributed by atoms with Gasteiger partial charge < -0.3 is 14.8 Å². The first-order chi connectivity index (χ1) is 15.1. The average Bonchev–Trinajstić information content (AvgIpc) is 2.73. The number of aryl methyl sites for hydroxylation is 1. The number of carbonyl (C=O) groups excluding carboxylic acids is 2. The number of nitrogens with one attached hydrogen (secondary N) is 1. The highest BCUT2D eigenvalue weighted by Crippen LogP contribution is 2.26. The Balaban J connectivity index is 1.54. The molecule has 1 N–H and O–H groups in total. The van der Waals surface area contributed by atoms with E-state index in [9.17, 15) is 27.6 Å². The Morgan fingerprint density at radius 1 is 1.12 bits per heavy atom. The van der Waals surface area contributed by atoms with E-state index in [0.717, 1.165) is 16.2 Å². The second-order valence-corrected chi connectivity index (χ2v) is 6.74. The van der Waals surface area contributed by atoms with Crippen LogP contribution in [-0.2, 0) is 27.4 Å². The largest absolute Gasteiger partial charge is 0.573 e. The van der Waals surface area contributed by atoms with E-state index in [1.165, 1.54) is 24.5 Å².